The number of ether oxygens (including phenoxy) is 1. The van der Waals surface area contributed by atoms with E-state index in [1.165, 1.54) is 18.4 Å². The Morgan fingerprint density at radius 1 is 1.09 bits per heavy atom. The number of esters is 1. The first kappa shape index (κ1) is 21.7. The summed E-state index contributed by atoms with van der Waals surface area (Å²) in [5, 5.41) is 4.97. The number of likely N-dealkylation sites (tertiary alicyclic amines) is 1. The van der Waals surface area contributed by atoms with E-state index in [1.807, 2.05) is 36.4 Å². The van der Waals surface area contributed by atoms with Gasteiger partial charge in [-0.15, -0.1) is 11.3 Å². The minimum Gasteiger partial charge on any atom is -0.468 e. The molecule has 1 atom stereocenters. The van der Waals surface area contributed by atoms with Crippen molar-refractivity contribution in [2.45, 2.75) is 18.3 Å². The number of hydrogen-bond donors (Lipinski definition) is 1. The molecule has 0 saturated carbocycles. The molecule has 1 saturated heterocycles. The third-order valence-electron chi connectivity index (χ3n) is 5.67. The first-order chi connectivity index (χ1) is 15.5. The van der Waals surface area contributed by atoms with Crippen molar-refractivity contribution in [3.05, 3.63) is 82.9 Å². The lowest BCUT2D eigenvalue weighted by Crippen LogP contribution is -2.41. The third-order valence-corrected chi connectivity index (χ3v) is 6.47. The second-order valence-electron chi connectivity index (χ2n) is 7.65. The fraction of sp³-hybridized carbons (Fsp3) is 0.250. The number of nitrogens with one attached hydrogen (secondary N) is 1. The van der Waals surface area contributed by atoms with Crippen molar-refractivity contribution in [2.24, 2.45) is 0 Å². The molecule has 2 amide bonds. The quantitative estimate of drug-likeness (QED) is 0.584. The van der Waals surface area contributed by atoms with Gasteiger partial charge in [-0.1, -0.05) is 48.5 Å². The normalized spacial score (nSPS) is 17.7. The summed E-state index contributed by atoms with van der Waals surface area (Å²) in [6.07, 6.45) is 0.606. The molecule has 0 radical (unpaired) electrons. The molecular formula is C24H23N3O4S. The van der Waals surface area contributed by atoms with Crippen molar-refractivity contribution in [3.63, 3.8) is 0 Å². The molecule has 0 bridgehead atoms. The smallest absolute Gasteiger partial charge is 0.318 e. The number of methoxy groups -OCH3 is 1. The largest absolute Gasteiger partial charge is 0.468 e. The Bertz CT molecular complexity index is 1120. The molecule has 1 N–H and O–H groups in total. The maximum absolute atomic E-state index is 12.9. The molecule has 1 aliphatic heterocycles. The molecule has 1 unspecified atom stereocenters. The third kappa shape index (κ3) is 4.40. The van der Waals surface area contributed by atoms with Gasteiger partial charge in [0.15, 0.2) is 5.13 Å². The molecule has 32 heavy (non-hydrogen) atoms. The summed E-state index contributed by atoms with van der Waals surface area (Å²) in [6, 6.07) is 18.3. The SMILES string of the molecule is COC(=O)C1(c2ccccc2)CCN(C(=O)Cc2csc(NC(=O)c3ccccc3)n2)C1. The summed E-state index contributed by atoms with van der Waals surface area (Å²) in [5.41, 5.74) is 1.11. The van der Waals surface area contributed by atoms with Crippen molar-refractivity contribution in [1.29, 1.82) is 0 Å². The molecule has 2 heterocycles. The van der Waals surface area contributed by atoms with E-state index in [1.54, 1.807) is 34.5 Å². The van der Waals surface area contributed by atoms with Crippen LogP contribution in [0.5, 0.6) is 0 Å². The Balaban J connectivity index is 1.42. The van der Waals surface area contributed by atoms with Gasteiger partial charge >= 0.3 is 5.97 Å². The topological polar surface area (TPSA) is 88.6 Å². The summed E-state index contributed by atoms with van der Waals surface area (Å²) in [5.74, 6) is -0.695. The van der Waals surface area contributed by atoms with Gasteiger partial charge in [-0.25, -0.2) is 4.98 Å². The highest BCUT2D eigenvalue weighted by Crippen LogP contribution is 2.36. The summed E-state index contributed by atoms with van der Waals surface area (Å²) >= 11 is 1.27. The number of nitrogens with zero attached hydrogens (tertiary/aromatic N) is 2. The summed E-state index contributed by atoms with van der Waals surface area (Å²) in [6.45, 7) is 0.731. The lowest BCUT2D eigenvalue weighted by Gasteiger charge is -2.27. The van der Waals surface area contributed by atoms with E-state index < -0.39 is 5.41 Å². The van der Waals surface area contributed by atoms with E-state index in [0.717, 1.165) is 5.56 Å². The minimum absolute atomic E-state index is 0.101. The lowest BCUT2D eigenvalue weighted by atomic mass is 9.79. The van der Waals surface area contributed by atoms with Crippen LogP contribution in [0.1, 0.15) is 28.0 Å². The Labute approximate surface area is 190 Å². The highest BCUT2D eigenvalue weighted by Gasteiger charge is 2.48. The van der Waals surface area contributed by atoms with Crippen LogP contribution in [-0.2, 0) is 26.2 Å². The number of aromatic nitrogens is 1. The minimum atomic E-state index is -0.859. The van der Waals surface area contributed by atoms with Crippen molar-refractivity contribution >= 4 is 34.3 Å². The number of thiazole rings is 1. The highest BCUT2D eigenvalue weighted by molar-refractivity contribution is 7.14. The zero-order chi connectivity index (χ0) is 22.6. The van der Waals surface area contributed by atoms with Gasteiger partial charge in [-0.2, -0.15) is 0 Å². The average molecular weight is 450 g/mol. The Kier molecular flexibility index (Phi) is 6.32. The van der Waals surface area contributed by atoms with E-state index in [9.17, 15) is 14.4 Å². The Hall–Kier alpha value is -3.52. The van der Waals surface area contributed by atoms with Crippen LogP contribution in [0.3, 0.4) is 0 Å². The maximum Gasteiger partial charge on any atom is 0.318 e. The monoisotopic (exact) mass is 449 g/mol. The van der Waals surface area contributed by atoms with Gasteiger partial charge in [0.1, 0.15) is 5.41 Å². The van der Waals surface area contributed by atoms with Crippen molar-refractivity contribution in [1.82, 2.24) is 9.88 Å². The van der Waals surface area contributed by atoms with Gasteiger partial charge in [-0.3, -0.25) is 19.7 Å². The zero-order valence-corrected chi connectivity index (χ0v) is 18.4. The molecule has 164 valence electrons. The van der Waals surface area contributed by atoms with Gasteiger partial charge in [0.2, 0.25) is 5.91 Å². The molecule has 0 spiro atoms. The van der Waals surface area contributed by atoms with Crippen LogP contribution in [0.15, 0.2) is 66.0 Å². The number of carbonyl (C=O) groups excluding carboxylic acids is 3. The van der Waals surface area contributed by atoms with Crippen LogP contribution in [0.4, 0.5) is 5.13 Å². The van der Waals surface area contributed by atoms with Crippen LogP contribution in [-0.4, -0.2) is 47.9 Å². The average Bonchev–Trinajstić information content (AvgIpc) is 3.48. The number of amides is 2. The molecule has 7 nitrogen and oxygen atoms in total. The molecule has 1 fully saturated rings. The summed E-state index contributed by atoms with van der Waals surface area (Å²) < 4.78 is 5.09. The predicted octanol–water partition coefficient (Wildman–Crippen LogP) is 3.28. The number of benzene rings is 2. The number of rotatable bonds is 6. The summed E-state index contributed by atoms with van der Waals surface area (Å²) in [4.78, 5) is 44.0. The molecule has 3 aromatic rings. The fourth-order valence-electron chi connectivity index (χ4n) is 3.97. The fourth-order valence-corrected chi connectivity index (χ4v) is 4.67. The van der Waals surface area contributed by atoms with E-state index in [2.05, 4.69) is 10.3 Å². The predicted molar refractivity (Wildman–Crippen MR) is 122 cm³/mol. The zero-order valence-electron chi connectivity index (χ0n) is 17.6. The van der Waals surface area contributed by atoms with Crippen LogP contribution >= 0.6 is 11.3 Å². The lowest BCUT2D eigenvalue weighted by molar-refractivity contribution is -0.147. The first-order valence-corrected chi connectivity index (χ1v) is 11.1. The second kappa shape index (κ2) is 9.32. The molecule has 2 aromatic carbocycles. The van der Waals surface area contributed by atoms with E-state index >= 15 is 0 Å². The number of anilines is 1. The first-order valence-electron chi connectivity index (χ1n) is 10.2. The van der Waals surface area contributed by atoms with E-state index in [4.69, 9.17) is 4.74 Å². The van der Waals surface area contributed by atoms with Crippen LogP contribution in [0, 0.1) is 0 Å². The molecule has 1 aromatic heterocycles. The van der Waals surface area contributed by atoms with E-state index in [0.29, 0.717) is 29.4 Å². The Morgan fingerprint density at radius 2 is 1.78 bits per heavy atom. The van der Waals surface area contributed by atoms with Gasteiger partial charge in [0.25, 0.3) is 5.91 Å². The molecule has 1 aliphatic rings. The molecule has 4 rings (SSSR count). The molecular weight excluding hydrogens is 426 g/mol. The van der Waals surface area contributed by atoms with Gasteiger partial charge < -0.3 is 9.64 Å². The maximum atomic E-state index is 12.9. The van der Waals surface area contributed by atoms with Crippen molar-refractivity contribution in [2.75, 3.05) is 25.5 Å². The van der Waals surface area contributed by atoms with Crippen molar-refractivity contribution in [3.8, 4) is 0 Å². The van der Waals surface area contributed by atoms with Gasteiger partial charge in [-0.05, 0) is 24.1 Å². The molecule has 0 aliphatic carbocycles. The number of carbonyl (C=O) groups is 3. The van der Waals surface area contributed by atoms with Crippen LogP contribution in [0.25, 0.3) is 0 Å². The van der Waals surface area contributed by atoms with E-state index in [-0.39, 0.29) is 30.7 Å². The number of hydrogen-bond acceptors (Lipinski definition) is 6. The van der Waals surface area contributed by atoms with Gasteiger partial charge in [0, 0.05) is 24.0 Å². The van der Waals surface area contributed by atoms with Crippen molar-refractivity contribution < 1.29 is 19.1 Å². The van der Waals surface area contributed by atoms with Gasteiger partial charge in [0.05, 0.1) is 19.2 Å². The standard InChI is InChI=1S/C24H23N3O4S/c1-31-22(30)24(18-10-6-3-7-11-18)12-13-27(16-24)20(28)14-19-15-32-23(25-19)26-21(29)17-8-4-2-5-9-17/h2-11,15H,12-14,16H2,1H3,(H,25,26,29). The second-order valence-corrected chi connectivity index (χ2v) is 8.50. The van der Waals surface area contributed by atoms with Crippen LogP contribution < -0.4 is 5.32 Å². The summed E-state index contributed by atoms with van der Waals surface area (Å²) in [7, 11) is 1.37. The van der Waals surface area contributed by atoms with Crippen LogP contribution in [0.2, 0.25) is 0 Å². The molecule has 8 heteroatoms. The highest BCUT2D eigenvalue weighted by atomic mass is 32.1. The Morgan fingerprint density at radius 3 is 2.47 bits per heavy atom.